The molecule has 4 nitrogen and oxygen atoms in total. The summed E-state index contributed by atoms with van der Waals surface area (Å²) in [6, 6.07) is 7.03. The maximum atomic E-state index is 11.9. The van der Waals surface area contributed by atoms with Gasteiger partial charge in [-0.15, -0.1) is 6.58 Å². The van der Waals surface area contributed by atoms with Gasteiger partial charge < -0.3 is 10.2 Å². The molecule has 19 heavy (non-hydrogen) atoms. The SMILES string of the molecule is C=CCNC(=O)[C@H]1CC(=O)N(c2ccc(Cl)cc2)C1. The summed E-state index contributed by atoms with van der Waals surface area (Å²) in [6.07, 6.45) is 1.86. The molecule has 5 heteroatoms. The van der Waals surface area contributed by atoms with Crippen molar-refractivity contribution >= 4 is 29.1 Å². The molecule has 2 amide bonds. The van der Waals surface area contributed by atoms with Gasteiger partial charge in [-0.05, 0) is 24.3 Å². The largest absolute Gasteiger partial charge is 0.352 e. The Morgan fingerprint density at radius 3 is 2.79 bits per heavy atom. The first-order valence-electron chi connectivity index (χ1n) is 6.06. The van der Waals surface area contributed by atoms with Crippen LogP contribution in [-0.2, 0) is 9.59 Å². The molecule has 2 rings (SSSR count). The molecule has 0 spiro atoms. The van der Waals surface area contributed by atoms with Gasteiger partial charge >= 0.3 is 0 Å². The van der Waals surface area contributed by atoms with Crippen molar-refractivity contribution in [3.05, 3.63) is 41.9 Å². The fraction of sp³-hybridized carbons (Fsp3) is 0.286. The van der Waals surface area contributed by atoms with Gasteiger partial charge in [0.2, 0.25) is 11.8 Å². The molecule has 0 aromatic heterocycles. The van der Waals surface area contributed by atoms with Gasteiger partial charge in [-0.3, -0.25) is 9.59 Å². The molecule has 1 N–H and O–H groups in total. The highest BCUT2D eigenvalue weighted by atomic mass is 35.5. The maximum Gasteiger partial charge on any atom is 0.227 e. The fourth-order valence-electron chi connectivity index (χ4n) is 2.07. The van der Waals surface area contributed by atoms with Crippen LogP contribution in [0.3, 0.4) is 0 Å². The Hall–Kier alpha value is -1.81. The van der Waals surface area contributed by atoms with E-state index in [0.29, 0.717) is 18.1 Å². The van der Waals surface area contributed by atoms with Gasteiger partial charge in [0.25, 0.3) is 0 Å². The third kappa shape index (κ3) is 3.15. The zero-order chi connectivity index (χ0) is 13.8. The van der Waals surface area contributed by atoms with E-state index in [1.165, 1.54) is 0 Å². The van der Waals surface area contributed by atoms with E-state index in [2.05, 4.69) is 11.9 Å². The van der Waals surface area contributed by atoms with Crippen LogP contribution in [0.5, 0.6) is 0 Å². The van der Waals surface area contributed by atoms with Crippen molar-refractivity contribution in [1.82, 2.24) is 5.32 Å². The minimum atomic E-state index is -0.303. The topological polar surface area (TPSA) is 49.4 Å². The maximum absolute atomic E-state index is 11.9. The number of hydrogen-bond acceptors (Lipinski definition) is 2. The number of carbonyl (C=O) groups is 2. The molecule has 0 bridgehead atoms. The highest BCUT2D eigenvalue weighted by Crippen LogP contribution is 2.26. The minimum absolute atomic E-state index is 0.0407. The smallest absolute Gasteiger partial charge is 0.227 e. The third-order valence-electron chi connectivity index (χ3n) is 3.05. The molecule has 1 atom stereocenters. The first-order valence-corrected chi connectivity index (χ1v) is 6.44. The molecule has 100 valence electrons. The van der Waals surface area contributed by atoms with Crippen molar-refractivity contribution in [3.63, 3.8) is 0 Å². The van der Waals surface area contributed by atoms with E-state index in [-0.39, 0.29) is 24.2 Å². The Labute approximate surface area is 117 Å². The number of carbonyl (C=O) groups excluding carboxylic acids is 2. The predicted octanol–water partition coefficient (Wildman–Crippen LogP) is 2.00. The van der Waals surface area contributed by atoms with E-state index in [0.717, 1.165) is 5.69 Å². The molecule has 1 fully saturated rings. The van der Waals surface area contributed by atoms with Crippen LogP contribution < -0.4 is 10.2 Å². The average molecular weight is 279 g/mol. The number of rotatable bonds is 4. The Balaban J connectivity index is 2.05. The van der Waals surface area contributed by atoms with Gasteiger partial charge in [-0.1, -0.05) is 17.7 Å². The van der Waals surface area contributed by atoms with Crippen molar-refractivity contribution in [2.24, 2.45) is 5.92 Å². The predicted molar refractivity (Wildman–Crippen MR) is 75.1 cm³/mol. The van der Waals surface area contributed by atoms with E-state index >= 15 is 0 Å². The van der Waals surface area contributed by atoms with Crippen LogP contribution in [0.15, 0.2) is 36.9 Å². The lowest BCUT2D eigenvalue weighted by atomic mass is 10.1. The van der Waals surface area contributed by atoms with Crippen LogP contribution in [-0.4, -0.2) is 24.9 Å². The number of nitrogens with zero attached hydrogens (tertiary/aromatic N) is 1. The quantitative estimate of drug-likeness (QED) is 0.857. The van der Waals surface area contributed by atoms with Crippen LogP contribution in [0.4, 0.5) is 5.69 Å². The number of nitrogens with one attached hydrogen (secondary N) is 1. The Morgan fingerprint density at radius 1 is 1.47 bits per heavy atom. The van der Waals surface area contributed by atoms with Gasteiger partial charge in [0.05, 0.1) is 5.92 Å². The third-order valence-corrected chi connectivity index (χ3v) is 3.31. The van der Waals surface area contributed by atoms with Gasteiger partial charge in [0, 0.05) is 30.2 Å². The highest BCUT2D eigenvalue weighted by molar-refractivity contribution is 6.30. The molecule has 1 aliphatic heterocycles. The number of benzene rings is 1. The Kier molecular flexibility index (Phi) is 4.22. The zero-order valence-corrected chi connectivity index (χ0v) is 11.2. The summed E-state index contributed by atoms with van der Waals surface area (Å²) < 4.78 is 0. The molecule has 1 heterocycles. The highest BCUT2D eigenvalue weighted by Gasteiger charge is 2.34. The van der Waals surface area contributed by atoms with Crippen molar-refractivity contribution in [2.75, 3.05) is 18.0 Å². The molecular formula is C14H15ClN2O2. The summed E-state index contributed by atoms with van der Waals surface area (Å²) in [5.74, 6) is -0.450. The van der Waals surface area contributed by atoms with Gasteiger partial charge in [0.15, 0.2) is 0 Å². The molecule has 1 aromatic carbocycles. The lowest BCUT2D eigenvalue weighted by molar-refractivity contribution is -0.126. The van der Waals surface area contributed by atoms with E-state index in [1.54, 1.807) is 35.2 Å². The molecule has 1 aromatic rings. The summed E-state index contributed by atoms with van der Waals surface area (Å²) in [7, 11) is 0. The van der Waals surface area contributed by atoms with E-state index < -0.39 is 0 Å². The second-order valence-corrected chi connectivity index (χ2v) is 4.85. The summed E-state index contributed by atoms with van der Waals surface area (Å²) in [5, 5.41) is 3.34. The lowest BCUT2D eigenvalue weighted by Crippen LogP contribution is -2.32. The number of hydrogen-bond donors (Lipinski definition) is 1. The molecular weight excluding hydrogens is 264 g/mol. The molecule has 1 saturated heterocycles. The zero-order valence-electron chi connectivity index (χ0n) is 10.4. The summed E-state index contributed by atoms with van der Waals surface area (Å²) in [4.78, 5) is 25.4. The second-order valence-electron chi connectivity index (χ2n) is 4.42. The van der Waals surface area contributed by atoms with Crippen LogP contribution in [0.25, 0.3) is 0 Å². The number of halogens is 1. The Morgan fingerprint density at radius 2 is 2.16 bits per heavy atom. The van der Waals surface area contributed by atoms with E-state index in [4.69, 9.17) is 11.6 Å². The standard InChI is InChI=1S/C14H15ClN2O2/c1-2-7-16-14(19)10-8-13(18)17(9-10)12-5-3-11(15)4-6-12/h2-6,10H,1,7-9H2,(H,16,19)/t10-/m0/s1. The van der Waals surface area contributed by atoms with Crippen LogP contribution >= 0.6 is 11.6 Å². The van der Waals surface area contributed by atoms with Crippen LogP contribution in [0, 0.1) is 5.92 Å². The molecule has 0 saturated carbocycles. The van der Waals surface area contributed by atoms with Crippen molar-refractivity contribution in [1.29, 1.82) is 0 Å². The van der Waals surface area contributed by atoms with Crippen molar-refractivity contribution in [3.8, 4) is 0 Å². The van der Waals surface area contributed by atoms with E-state index in [9.17, 15) is 9.59 Å². The van der Waals surface area contributed by atoms with Crippen LogP contribution in [0.2, 0.25) is 5.02 Å². The summed E-state index contributed by atoms with van der Waals surface area (Å²) >= 11 is 5.81. The lowest BCUT2D eigenvalue weighted by Gasteiger charge is -2.16. The number of anilines is 1. The first kappa shape index (κ1) is 13.6. The van der Waals surface area contributed by atoms with Crippen LogP contribution in [0.1, 0.15) is 6.42 Å². The monoisotopic (exact) mass is 278 g/mol. The fourth-order valence-corrected chi connectivity index (χ4v) is 2.20. The van der Waals surface area contributed by atoms with Gasteiger partial charge in [0.1, 0.15) is 0 Å². The van der Waals surface area contributed by atoms with Crippen molar-refractivity contribution < 1.29 is 9.59 Å². The second kappa shape index (κ2) is 5.89. The molecule has 0 radical (unpaired) electrons. The molecule has 0 unspecified atom stereocenters. The molecule has 0 aliphatic carbocycles. The summed E-state index contributed by atoms with van der Waals surface area (Å²) in [6.45, 7) is 4.37. The molecule has 1 aliphatic rings. The Bertz CT molecular complexity index is 499. The minimum Gasteiger partial charge on any atom is -0.352 e. The van der Waals surface area contributed by atoms with Crippen molar-refractivity contribution in [2.45, 2.75) is 6.42 Å². The first-order chi connectivity index (χ1) is 9.11. The normalized spacial score (nSPS) is 18.5. The van der Waals surface area contributed by atoms with Gasteiger partial charge in [-0.2, -0.15) is 0 Å². The van der Waals surface area contributed by atoms with Gasteiger partial charge in [-0.25, -0.2) is 0 Å². The van der Waals surface area contributed by atoms with E-state index in [1.807, 2.05) is 0 Å². The average Bonchev–Trinajstić information content (AvgIpc) is 2.79. The summed E-state index contributed by atoms with van der Waals surface area (Å²) in [5.41, 5.74) is 0.772. The number of amides is 2.